The topological polar surface area (TPSA) is 104 Å². The van der Waals surface area contributed by atoms with Crippen molar-refractivity contribution in [2.24, 2.45) is 5.18 Å². The Balaban J connectivity index is 3.00. The quantitative estimate of drug-likeness (QED) is 0.518. The Kier molecular flexibility index (Phi) is 2.93. The van der Waals surface area contributed by atoms with Gasteiger partial charge in [-0.15, -0.1) is 4.91 Å². The van der Waals surface area contributed by atoms with Crippen molar-refractivity contribution in [1.82, 2.24) is 4.90 Å². The van der Waals surface area contributed by atoms with Crippen LogP contribution in [0.15, 0.2) is 16.8 Å². The van der Waals surface area contributed by atoms with E-state index in [2.05, 4.69) is 5.18 Å². The van der Waals surface area contributed by atoms with E-state index < -0.39 is 30.4 Å². The van der Waals surface area contributed by atoms with Crippen molar-refractivity contribution >= 4 is 17.8 Å². The van der Waals surface area contributed by atoms with E-state index in [4.69, 9.17) is 5.11 Å². The molecule has 0 aromatic rings. The first-order valence-corrected chi connectivity index (χ1v) is 4.09. The van der Waals surface area contributed by atoms with Crippen molar-refractivity contribution in [1.29, 1.82) is 0 Å². The summed E-state index contributed by atoms with van der Waals surface area (Å²) in [6.07, 6.45) is -0.691. The zero-order valence-corrected chi connectivity index (χ0v) is 7.84. The SMILES string of the molecule is CC(N=O)N1C(=O)C=C(C(=O)O)CC1=O. The maximum Gasteiger partial charge on any atom is 0.332 e. The number of nitrogens with zero attached hydrogens (tertiary/aromatic N) is 2. The lowest BCUT2D eigenvalue weighted by atomic mass is 10.1. The fraction of sp³-hybridized carbons (Fsp3) is 0.375. The van der Waals surface area contributed by atoms with Crippen molar-refractivity contribution in [2.45, 2.75) is 19.5 Å². The molecule has 1 heterocycles. The number of imide groups is 1. The van der Waals surface area contributed by atoms with E-state index in [9.17, 15) is 19.3 Å². The van der Waals surface area contributed by atoms with Crippen LogP contribution in [0.4, 0.5) is 0 Å². The van der Waals surface area contributed by atoms with Crippen molar-refractivity contribution in [3.8, 4) is 0 Å². The van der Waals surface area contributed by atoms with Gasteiger partial charge in [-0.25, -0.2) is 4.79 Å². The van der Waals surface area contributed by atoms with Crippen molar-refractivity contribution in [3.05, 3.63) is 16.6 Å². The van der Waals surface area contributed by atoms with Gasteiger partial charge in [-0.2, -0.15) is 0 Å². The van der Waals surface area contributed by atoms with E-state index in [1.807, 2.05) is 0 Å². The molecule has 0 radical (unpaired) electrons. The highest BCUT2D eigenvalue weighted by Crippen LogP contribution is 2.16. The number of aliphatic carboxylic acids is 1. The van der Waals surface area contributed by atoms with Crippen molar-refractivity contribution in [2.75, 3.05) is 0 Å². The third-order valence-electron chi connectivity index (χ3n) is 1.95. The molecule has 1 aliphatic rings. The number of carbonyl (C=O) groups is 3. The molecule has 0 spiro atoms. The molecule has 1 aliphatic heterocycles. The number of rotatable bonds is 3. The molecular weight excluding hydrogens is 204 g/mol. The molecule has 1 atom stereocenters. The maximum atomic E-state index is 11.3. The lowest BCUT2D eigenvalue weighted by Crippen LogP contribution is -2.44. The number of hydrogen-bond acceptors (Lipinski definition) is 5. The van der Waals surface area contributed by atoms with E-state index in [1.54, 1.807) is 0 Å². The molecule has 0 saturated carbocycles. The average Bonchev–Trinajstić information content (AvgIpc) is 2.16. The molecule has 7 nitrogen and oxygen atoms in total. The van der Waals surface area contributed by atoms with E-state index in [0.29, 0.717) is 4.90 Å². The van der Waals surface area contributed by atoms with E-state index >= 15 is 0 Å². The second kappa shape index (κ2) is 3.99. The third-order valence-corrected chi connectivity index (χ3v) is 1.95. The molecule has 1 N–H and O–H groups in total. The summed E-state index contributed by atoms with van der Waals surface area (Å²) in [5.74, 6) is -2.87. The smallest absolute Gasteiger partial charge is 0.332 e. The fourth-order valence-electron chi connectivity index (χ4n) is 1.22. The van der Waals surface area contributed by atoms with Gasteiger partial charge >= 0.3 is 5.97 Å². The van der Waals surface area contributed by atoms with E-state index in [1.165, 1.54) is 6.92 Å². The summed E-state index contributed by atoms with van der Waals surface area (Å²) in [4.78, 5) is 43.9. The minimum absolute atomic E-state index is 0.278. The van der Waals surface area contributed by atoms with Gasteiger partial charge in [-0.05, 0) is 12.1 Å². The highest BCUT2D eigenvalue weighted by atomic mass is 16.4. The second-order valence-corrected chi connectivity index (χ2v) is 2.99. The summed E-state index contributed by atoms with van der Waals surface area (Å²) in [6.45, 7) is 1.28. The standard InChI is InChI=1S/C8H8N2O5/c1-4(9-15)10-6(11)2-5(8(13)14)3-7(10)12/h2,4H,3H2,1H3,(H,13,14). The third kappa shape index (κ3) is 2.06. The minimum atomic E-state index is -1.32. The van der Waals surface area contributed by atoms with Gasteiger partial charge in [-0.1, -0.05) is 0 Å². The van der Waals surface area contributed by atoms with Gasteiger partial charge in [0.1, 0.15) is 0 Å². The van der Waals surface area contributed by atoms with Gasteiger partial charge in [0.15, 0.2) is 6.17 Å². The Hall–Kier alpha value is -2.05. The van der Waals surface area contributed by atoms with Gasteiger partial charge in [0.25, 0.3) is 5.91 Å². The fourth-order valence-corrected chi connectivity index (χ4v) is 1.22. The first-order valence-electron chi connectivity index (χ1n) is 4.09. The molecule has 1 rings (SSSR count). The zero-order valence-electron chi connectivity index (χ0n) is 7.84. The van der Waals surface area contributed by atoms with Crippen LogP contribution in [0.25, 0.3) is 0 Å². The van der Waals surface area contributed by atoms with Gasteiger partial charge in [0.05, 0.1) is 12.0 Å². The Labute approximate surface area is 84.3 Å². The number of nitroso groups, excluding NO2 is 1. The van der Waals surface area contributed by atoms with Crippen LogP contribution in [0.1, 0.15) is 13.3 Å². The molecule has 1 unspecified atom stereocenters. The largest absolute Gasteiger partial charge is 0.478 e. The summed E-state index contributed by atoms with van der Waals surface area (Å²) in [7, 11) is 0. The number of carbonyl (C=O) groups excluding carboxylic acids is 2. The van der Waals surface area contributed by atoms with Crippen LogP contribution < -0.4 is 0 Å². The molecular formula is C8H8N2O5. The molecule has 7 heteroatoms. The zero-order chi connectivity index (χ0) is 11.6. The molecule has 0 aromatic heterocycles. The predicted octanol–water partition coefficient (Wildman–Crippen LogP) is -0.131. The van der Waals surface area contributed by atoms with E-state index in [0.717, 1.165) is 6.08 Å². The van der Waals surface area contributed by atoms with Crippen LogP contribution in [0.3, 0.4) is 0 Å². The van der Waals surface area contributed by atoms with E-state index in [-0.39, 0.29) is 5.57 Å². The summed E-state index contributed by atoms with van der Waals surface area (Å²) >= 11 is 0. The highest BCUT2D eigenvalue weighted by molar-refractivity contribution is 6.11. The Morgan fingerprint density at radius 3 is 2.60 bits per heavy atom. The van der Waals surface area contributed by atoms with Gasteiger partial charge in [-0.3, -0.25) is 14.5 Å². The second-order valence-electron chi connectivity index (χ2n) is 2.99. The molecule has 15 heavy (non-hydrogen) atoms. The summed E-state index contributed by atoms with van der Waals surface area (Å²) in [5, 5.41) is 11.1. The molecule has 0 bridgehead atoms. The number of amides is 2. The normalized spacial score (nSPS) is 18.5. The summed E-state index contributed by atoms with van der Waals surface area (Å²) in [5.41, 5.74) is -0.278. The molecule has 0 saturated heterocycles. The van der Waals surface area contributed by atoms with Crippen LogP contribution in [0.5, 0.6) is 0 Å². The van der Waals surface area contributed by atoms with Crippen LogP contribution >= 0.6 is 0 Å². The lowest BCUT2D eigenvalue weighted by Gasteiger charge is -2.24. The van der Waals surface area contributed by atoms with Gasteiger partial charge in [0, 0.05) is 6.08 Å². The Bertz CT molecular complexity index is 373. The molecule has 0 fully saturated rings. The first-order chi connectivity index (χ1) is 6.97. The van der Waals surface area contributed by atoms with Crippen molar-refractivity contribution < 1.29 is 19.5 Å². The lowest BCUT2D eigenvalue weighted by molar-refractivity contribution is -0.147. The Morgan fingerprint density at radius 1 is 1.60 bits per heavy atom. The first kappa shape index (κ1) is 11.0. The highest BCUT2D eigenvalue weighted by Gasteiger charge is 2.33. The molecule has 80 valence electrons. The summed E-state index contributed by atoms with van der Waals surface area (Å²) < 4.78 is 0. The molecule has 0 aromatic carbocycles. The number of carboxylic acids is 1. The van der Waals surface area contributed by atoms with Crippen molar-refractivity contribution in [3.63, 3.8) is 0 Å². The van der Waals surface area contributed by atoms with Gasteiger partial charge < -0.3 is 5.11 Å². The molecule has 2 amide bonds. The predicted molar refractivity (Wildman–Crippen MR) is 47.4 cm³/mol. The molecule has 0 aliphatic carbocycles. The van der Waals surface area contributed by atoms with Crippen LogP contribution in [-0.2, 0) is 14.4 Å². The summed E-state index contributed by atoms with van der Waals surface area (Å²) in [6, 6.07) is 0. The monoisotopic (exact) mass is 212 g/mol. The number of carboxylic acid groups (broad SMARTS) is 1. The minimum Gasteiger partial charge on any atom is -0.478 e. The maximum absolute atomic E-state index is 11.3. The van der Waals surface area contributed by atoms with Crippen LogP contribution in [0, 0.1) is 4.91 Å². The van der Waals surface area contributed by atoms with Gasteiger partial charge in [0.2, 0.25) is 5.91 Å². The number of hydrogen-bond donors (Lipinski definition) is 1. The average molecular weight is 212 g/mol. The van der Waals surface area contributed by atoms with Crippen LogP contribution in [0.2, 0.25) is 0 Å². The Morgan fingerprint density at radius 2 is 2.20 bits per heavy atom. The van der Waals surface area contributed by atoms with Crippen LogP contribution in [-0.4, -0.2) is 34.0 Å².